The average molecular weight is 539 g/mol. The molecule has 7 rings (SSSR count). The van der Waals surface area contributed by atoms with E-state index in [2.05, 4.69) is 33.0 Å². The Morgan fingerprint density at radius 2 is 1.70 bits per heavy atom. The molecule has 2 amide bonds. The summed E-state index contributed by atoms with van der Waals surface area (Å²) >= 11 is 6.62. The molecule has 5 nitrogen and oxygen atoms in total. The number of carbonyl (C=O) groups is 2. The van der Waals surface area contributed by atoms with E-state index in [1.165, 1.54) is 16.2 Å². The first-order valence-corrected chi connectivity index (χ1v) is 13.6. The molecule has 2 aromatic carbocycles. The van der Waals surface area contributed by atoms with Crippen molar-refractivity contribution in [3.63, 3.8) is 0 Å². The molecule has 2 aliphatic heterocycles. The third kappa shape index (κ3) is 2.74. The minimum absolute atomic E-state index is 0.0394. The van der Waals surface area contributed by atoms with Crippen molar-refractivity contribution in [2.45, 2.75) is 22.6 Å². The van der Waals surface area contributed by atoms with Gasteiger partial charge in [-0.2, -0.15) is 0 Å². The molecule has 166 valence electrons. The number of rotatable bonds is 2. The number of aromatic nitrogens is 1. The number of nitrogens with zero attached hydrogens (tertiary/aromatic N) is 1. The highest BCUT2D eigenvalue weighted by Crippen LogP contribution is 2.68. The maximum absolute atomic E-state index is 13.6. The molecule has 2 aliphatic carbocycles. The van der Waals surface area contributed by atoms with Gasteiger partial charge in [0, 0.05) is 20.5 Å². The molecular formula is C25H19BrN2O3S2. The van der Waals surface area contributed by atoms with E-state index in [1.807, 2.05) is 42.5 Å². The Hall–Kier alpha value is -2.16. The number of benzene rings is 2. The second-order valence-electron chi connectivity index (χ2n) is 9.36. The number of aromatic amines is 1. The first-order chi connectivity index (χ1) is 16.0. The SMILES string of the molecule is O=C1C2C3CC(C2C(=O)N1c1ccccc1)C1C3Sc2[nH]c(=O)sc2[C@@H]1c1cccc(Br)c1. The van der Waals surface area contributed by atoms with Gasteiger partial charge in [0.05, 0.1) is 22.5 Å². The summed E-state index contributed by atoms with van der Waals surface area (Å²) in [5.41, 5.74) is 1.83. The third-order valence-corrected chi connectivity index (χ3v) is 11.0. The third-order valence-electron chi connectivity index (χ3n) is 7.95. The summed E-state index contributed by atoms with van der Waals surface area (Å²) in [5, 5.41) is 1.16. The Labute approximate surface area is 206 Å². The minimum Gasteiger partial charge on any atom is -0.307 e. The van der Waals surface area contributed by atoms with Crippen molar-refractivity contribution in [3.8, 4) is 0 Å². The molecule has 0 radical (unpaired) electrons. The van der Waals surface area contributed by atoms with Crippen molar-refractivity contribution in [1.29, 1.82) is 0 Å². The quantitative estimate of drug-likeness (QED) is 0.472. The van der Waals surface area contributed by atoms with Crippen molar-refractivity contribution in [3.05, 3.63) is 79.2 Å². The molecular weight excluding hydrogens is 520 g/mol. The Kier molecular flexibility index (Phi) is 4.40. The van der Waals surface area contributed by atoms with Gasteiger partial charge in [-0.15, -0.1) is 11.8 Å². The molecule has 1 aromatic heterocycles. The van der Waals surface area contributed by atoms with Crippen LogP contribution in [0.25, 0.3) is 0 Å². The molecule has 1 N–H and O–H groups in total. The van der Waals surface area contributed by atoms with Crippen molar-refractivity contribution in [2.24, 2.45) is 29.6 Å². The van der Waals surface area contributed by atoms with Crippen LogP contribution in [-0.4, -0.2) is 22.0 Å². The number of hydrogen-bond acceptors (Lipinski definition) is 5. The van der Waals surface area contributed by atoms with Crippen molar-refractivity contribution >= 4 is 56.5 Å². The molecule has 6 unspecified atom stereocenters. The lowest BCUT2D eigenvalue weighted by Crippen LogP contribution is -2.42. The summed E-state index contributed by atoms with van der Waals surface area (Å²) in [7, 11) is 0. The van der Waals surface area contributed by atoms with Gasteiger partial charge in [-0.25, -0.2) is 0 Å². The first kappa shape index (κ1) is 20.2. The fraction of sp³-hybridized carbons (Fsp3) is 0.320. The molecule has 2 bridgehead atoms. The Morgan fingerprint density at radius 1 is 0.939 bits per heavy atom. The maximum Gasteiger partial charge on any atom is 0.305 e. The summed E-state index contributed by atoms with van der Waals surface area (Å²) < 4.78 is 1.00. The van der Waals surface area contributed by atoms with Gasteiger partial charge in [-0.05, 0) is 54.0 Å². The van der Waals surface area contributed by atoms with Crippen LogP contribution in [0.1, 0.15) is 22.8 Å². The summed E-state index contributed by atoms with van der Waals surface area (Å²) in [5.74, 6) is -0.0647. The summed E-state index contributed by atoms with van der Waals surface area (Å²) in [6.45, 7) is 0. The van der Waals surface area contributed by atoms with Gasteiger partial charge in [0.2, 0.25) is 11.8 Å². The van der Waals surface area contributed by atoms with Gasteiger partial charge < -0.3 is 4.98 Å². The molecule has 8 heteroatoms. The van der Waals surface area contributed by atoms with Gasteiger partial charge in [-0.1, -0.05) is 57.6 Å². The Bertz CT molecular complexity index is 1370. The zero-order chi connectivity index (χ0) is 22.4. The van der Waals surface area contributed by atoms with Gasteiger partial charge in [0.25, 0.3) is 0 Å². The fourth-order valence-electron chi connectivity index (χ4n) is 6.92. The van der Waals surface area contributed by atoms with Gasteiger partial charge in [0.1, 0.15) is 0 Å². The summed E-state index contributed by atoms with van der Waals surface area (Å²) in [4.78, 5) is 45.0. The lowest BCUT2D eigenvalue weighted by Gasteiger charge is -2.43. The summed E-state index contributed by atoms with van der Waals surface area (Å²) in [6, 6.07) is 17.6. The highest BCUT2D eigenvalue weighted by molar-refractivity contribution is 9.10. The monoisotopic (exact) mass is 538 g/mol. The van der Waals surface area contributed by atoms with Crippen LogP contribution in [0, 0.1) is 29.6 Å². The number of para-hydroxylation sites is 1. The van der Waals surface area contributed by atoms with E-state index in [9.17, 15) is 14.4 Å². The number of halogens is 1. The largest absolute Gasteiger partial charge is 0.307 e. The number of fused-ring (bicyclic) bond motifs is 9. The Balaban J connectivity index is 1.35. The van der Waals surface area contributed by atoms with E-state index in [0.717, 1.165) is 26.4 Å². The van der Waals surface area contributed by atoms with E-state index in [1.54, 1.807) is 11.8 Å². The van der Waals surface area contributed by atoms with Crippen LogP contribution in [-0.2, 0) is 9.59 Å². The number of hydrogen-bond donors (Lipinski definition) is 1. The fourth-order valence-corrected chi connectivity index (χ4v) is 10.2. The van der Waals surface area contributed by atoms with E-state index in [4.69, 9.17) is 0 Å². The maximum atomic E-state index is 13.6. The van der Waals surface area contributed by atoms with Crippen molar-refractivity contribution in [2.75, 3.05) is 4.90 Å². The number of nitrogens with one attached hydrogen (secondary N) is 1. The van der Waals surface area contributed by atoms with Crippen LogP contribution in [0.5, 0.6) is 0 Å². The molecule has 0 spiro atoms. The first-order valence-electron chi connectivity index (χ1n) is 11.1. The molecule has 3 fully saturated rings. The van der Waals surface area contributed by atoms with E-state index in [0.29, 0.717) is 5.69 Å². The smallest absolute Gasteiger partial charge is 0.305 e. The van der Waals surface area contributed by atoms with Crippen LogP contribution in [0.2, 0.25) is 0 Å². The van der Waals surface area contributed by atoms with E-state index >= 15 is 0 Å². The Morgan fingerprint density at radius 3 is 2.45 bits per heavy atom. The average Bonchev–Trinajstić information content (AvgIpc) is 3.53. The predicted octanol–water partition coefficient (Wildman–Crippen LogP) is 4.88. The number of anilines is 1. The summed E-state index contributed by atoms with van der Waals surface area (Å²) in [6.07, 6.45) is 0.904. The van der Waals surface area contributed by atoms with E-state index in [-0.39, 0.29) is 57.4 Å². The number of thiazole rings is 1. The van der Waals surface area contributed by atoms with Gasteiger partial charge >= 0.3 is 4.87 Å². The molecule has 4 aliphatic rings. The molecule has 1 saturated heterocycles. The lowest BCUT2D eigenvalue weighted by molar-refractivity contribution is -0.123. The molecule has 2 saturated carbocycles. The zero-order valence-corrected chi connectivity index (χ0v) is 20.5. The number of amides is 2. The predicted molar refractivity (Wildman–Crippen MR) is 132 cm³/mol. The number of thioether (sulfide) groups is 1. The van der Waals surface area contributed by atoms with E-state index < -0.39 is 0 Å². The number of imide groups is 1. The van der Waals surface area contributed by atoms with Crippen LogP contribution in [0.4, 0.5) is 5.69 Å². The van der Waals surface area contributed by atoms with Crippen LogP contribution < -0.4 is 9.77 Å². The van der Waals surface area contributed by atoms with Crippen molar-refractivity contribution < 1.29 is 9.59 Å². The molecule has 33 heavy (non-hydrogen) atoms. The molecule has 7 atom stereocenters. The van der Waals surface area contributed by atoms with Gasteiger partial charge in [0.15, 0.2) is 0 Å². The standard InChI is InChI=1S/C25H19BrN2O3S2/c26-12-6-4-5-11(9-12)16-17-14-10-15(20(17)32-22-21(16)33-25(31)27-22)19-18(14)23(29)28(24(19)30)13-7-2-1-3-8-13/h1-9,14-20H,10H2,(H,27,31)/t14?,15?,16-,17?,18?,19?,20?/m1/s1. The molecule has 3 heterocycles. The highest BCUT2D eigenvalue weighted by atomic mass is 79.9. The van der Waals surface area contributed by atoms with Crippen LogP contribution in [0.3, 0.4) is 0 Å². The zero-order valence-electron chi connectivity index (χ0n) is 17.3. The normalized spacial score (nSPS) is 33.8. The number of carbonyl (C=O) groups excluding carboxylic acids is 2. The second kappa shape index (κ2) is 7.17. The van der Waals surface area contributed by atoms with Crippen molar-refractivity contribution in [1.82, 2.24) is 4.98 Å². The second-order valence-corrected chi connectivity index (χ2v) is 12.5. The molecule has 3 aromatic rings. The van der Waals surface area contributed by atoms with Crippen LogP contribution in [0.15, 0.2) is 68.9 Å². The topological polar surface area (TPSA) is 70.2 Å². The number of H-pyrrole nitrogens is 1. The minimum atomic E-state index is -0.267. The van der Waals surface area contributed by atoms with Crippen LogP contribution >= 0.6 is 39.0 Å². The van der Waals surface area contributed by atoms with Gasteiger partial charge in [-0.3, -0.25) is 19.3 Å². The highest BCUT2D eigenvalue weighted by Gasteiger charge is 2.69. The lowest BCUT2D eigenvalue weighted by atomic mass is 9.68.